The molecule has 0 heterocycles. The molecule has 5 nitrogen and oxygen atoms in total. The van der Waals surface area contributed by atoms with Crippen molar-refractivity contribution in [2.24, 2.45) is 5.73 Å². The normalized spacial score (nSPS) is 12.7. The smallest absolute Gasteiger partial charge is 0.407 e. The van der Waals surface area contributed by atoms with Crippen LogP contribution in [0.1, 0.15) is 37.8 Å². The molecular weight excluding hydrogens is 268 g/mol. The van der Waals surface area contributed by atoms with Crippen LogP contribution in [-0.2, 0) is 4.74 Å². The van der Waals surface area contributed by atoms with Gasteiger partial charge in [0.05, 0.1) is 7.11 Å². The fourth-order valence-corrected chi connectivity index (χ4v) is 2.12. The quantitative estimate of drug-likeness (QED) is 0.875. The van der Waals surface area contributed by atoms with E-state index in [2.05, 4.69) is 5.32 Å². The third kappa shape index (κ3) is 5.27. The van der Waals surface area contributed by atoms with E-state index in [1.54, 1.807) is 7.11 Å². The van der Waals surface area contributed by atoms with Crippen molar-refractivity contribution in [3.63, 3.8) is 0 Å². The number of methoxy groups -OCH3 is 1. The number of nitrogens with two attached hydrogens (primary N) is 1. The van der Waals surface area contributed by atoms with E-state index in [1.807, 2.05) is 45.9 Å². The van der Waals surface area contributed by atoms with Crippen molar-refractivity contribution in [2.75, 3.05) is 20.2 Å². The largest absolute Gasteiger partial charge is 0.496 e. The zero-order valence-corrected chi connectivity index (χ0v) is 13.5. The van der Waals surface area contributed by atoms with Crippen LogP contribution >= 0.6 is 0 Å². The summed E-state index contributed by atoms with van der Waals surface area (Å²) in [4.78, 5) is 11.7. The van der Waals surface area contributed by atoms with Crippen molar-refractivity contribution in [2.45, 2.75) is 39.2 Å². The van der Waals surface area contributed by atoms with Crippen molar-refractivity contribution in [1.29, 1.82) is 0 Å². The van der Waals surface area contributed by atoms with Gasteiger partial charge >= 0.3 is 6.09 Å². The summed E-state index contributed by atoms with van der Waals surface area (Å²) in [5.74, 6) is 0.798. The number of benzene rings is 1. The van der Waals surface area contributed by atoms with Crippen LogP contribution < -0.4 is 15.8 Å². The van der Waals surface area contributed by atoms with E-state index in [4.69, 9.17) is 15.2 Å². The lowest BCUT2D eigenvalue weighted by Crippen LogP contribution is -2.36. The van der Waals surface area contributed by atoms with E-state index >= 15 is 0 Å². The average molecular weight is 294 g/mol. The lowest BCUT2D eigenvalue weighted by molar-refractivity contribution is 0.0524. The molecule has 0 bridgehead atoms. The maximum atomic E-state index is 11.7. The lowest BCUT2D eigenvalue weighted by atomic mass is 9.96. The second-order valence-corrected chi connectivity index (χ2v) is 6.01. The van der Waals surface area contributed by atoms with Gasteiger partial charge in [0.15, 0.2) is 0 Å². The minimum absolute atomic E-state index is 0.0210. The number of para-hydroxylation sites is 1. The monoisotopic (exact) mass is 294 g/mol. The third-order valence-corrected chi connectivity index (χ3v) is 3.06. The van der Waals surface area contributed by atoms with Crippen LogP contribution in [0.5, 0.6) is 5.75 Å². The Balaban J connectivity index is 2.76. The van der Waals surface area contributed by atoms with E-state index in [1.165, 1.54) is 0 Å². The summed E-state index contributed by atoms with van der Waals surface area (Å²) in [6.45, 7) is 8.29. The minimum Gasteiger partial charge on any atom is -0.496 e. The number of hydrogen-bond donors (Lipinski definition) is 2. The highest BCUT2D eigenvalue weighted by Gasteiger charge is 2.20. The minimum atomic E-state index is -0.511. The Hall–Kier alpha value is -1.75. The molecular formula is C16H26N2O3. The van der Waals surface area contributed by atoms with Gasteiger partial charge in [-0.1, -0.05) is 18.2 Å². The Kier molecular flexibility index (Phi) is 6.03. The van der Waals surface area contributed by atoms with Gasteiger partial charge in [0.1, 0.15) is 11.4 Å². The number of ether oxygens (including phenoxy) is 2. The molecule has 0 aliphatic carbocycles. The molecule has 1 aromatic rings. The molecule has 1 aromatic carbocycles. The zero-order valence-electron chi connectivity index (χ0n) is 13.5. The van der Waals surface area contributed by atoms with Gasteiger partial charge in [0, 0.05) is 24.6 Å². The molecule has 1 amide bonds. The first-order chi connectivity index (χ1) is 9.78. The van der Waals surface area contributed by atoms with Gasteiger partial charge in [0.25, 0.3) is 0 Å². The summed E-state index contributed by atoms with van der Waals surface area (Å²) in [6, 6.07) is 5.92. The molecule has 0 aliphatic heterocycles. The van der Waals surface area contributed by atoms with Crippen LogP contribution in [0.2, 0.25) is 0 Å². The average Bonchev–Trinajstić information content (AvgIpc) is 2.37. The first-order valence-electron chi connectivity index (χ1n) is 7.09. The molecule has 1 unspecified atom stereocenters. The number of nitrogens with one attached hydrogen (secondary N) is 1. The number of carbonyl (C=O) groups is 1. The highest BCUT2D eigenvalue weighted by molar-refractivity contribution is 5.67. The predicted octanol–water partition coefficient (Wildman–Crippen LogP) is 2.57. The van der Waals surface area contributed by atoms with Crippen molar-refractivity contribution in [3.05, 3.63) is 29.3 Å². The standard InChI is InChI=1S/C16H26N2O3/c1-11-7-6-8-13(14(11)20-5)12(9-17)10-18-15(19)21-16(2,3)4/h6-8,12H,9-10,17H2,1-5H3,(H,18,19). The van der Waals surface area contributed by atoms with Crippen molar-refractivity contribution < 1.29 is 14.3 Å². The van der Waals surface area contributed by atoms with Crippen molar-refractivity contribution in [1.82, 2.24) is 5.32 Å². The molecule has 0 saturated carbocycles. The molecule has 3 N–H and O–H groups in total. The highest BCUT2D eigenvalue weighted by atomic mass is 16.6. The van der Waals surface area contributed by atoms with Gasteiger partial charge in [0.2, 0.25) is 0 Å². The van der Waals surface area contributed by atoms with Gasteiger partial charge in [-0.25, -0.2) is 4.79 Å². The summed E-state index contributed by atoms with van der Waals surface area (Å²) in [5, 5.41) is 2.76. The zero-order chi connectivity index (χ0) is 16.0. The third-order valence-electron chi connectivity index (χ3n) is 3.06. The molecule has 0 saturated heterocycles. The first kappa shape index (κ1) is 17.3. The SMILES string of the molecule is COc1c(C)cccc1C(CN)CNC(=O)OC(C)(C)C. The molecule has 0 spiro atoms. The summed E-state index contributed by atoms with van der Waals surface area (Å²) in [5.41, 5.74) is 7.38. The van der Waals surface area contributed by atoms with Crippen LogP contribution in [0.4, 0.5) is 4.79 Å². The topological polar surface area (TPSA) is 73.6 Å². The number of alkyl carbamates (subject to hydrolysis) is 1. The number of carbonyl (C=O) groups excluding carboxylic acids is 1. The summed E-state index contributed by atoms with van der Waals surface area (Å²) in [7, 11) is 1.64. The van der Waals surface area contributed by atoms with Gasteiger partial charge < -0.3 is 20.5 Å². The highest BCUT2D eigenvalue weighted by Crippen LogP contribution is 2.29. The molecule has 1 atom stereocenters. The van der Waals surface area contributed by atoms with Crippen LogP contribution in [0.3, 0.4) is 0 Å². The van der Waals surface area contributed by atoms with E-state index in [-0.39, 0.29) is 5.92 Å². The first-order valence-corrected chi connectivity index (χ1v) is 7.09. The fraction of sp³-hybridized carbons (Fsp3) is 0.562. The Bertz CT molecular complexity index is 481. The summed E-state index contributed by atoms with van der Waals surface area (Å²) in [6.07, 6.45) is -0.437. The van der Waals surface area contributed by atoms with Gasteiger partial charge in [-0.3, -0.25) is 0 Å². The van der Waals surface area contributed by atoms with Crippen molar-refractivity contribution >= 4 is 6.09 Å². The van der Waals surface area contributed by atoms with E-state index in [0.29, 0.717) is 13.1 Å². The number of aryl methyl sites for hydroxylation is 1. The maximum Gasteiger partial charge on any atom is 0.407 e. The van der Waals surface area contributed by atoms with E-state index in [9.17, 15) is 4.79 Å². The molecule has 21 heavy (non-hydrogen) atoms. The Morgan fingerprint density at radius 1 is 1.38 bits per heavy atom. The molecule has 0 radical (unpaired) electrons. The Morgan fingerprint density at radius 3 is 2.57 bits per heavy atom. The number of rotatable bonds is 5. The molecule has 1 rings (SSSR count). The van der Waals surface area contributed by atoms with Crippen molar-refractivity contribution in [3.8, 4) is 5.75 Å². The Labute approximate surface area is 126 Å². The van der Waals surface area contributed by atoms with Crippen LogP contribution in [0.25, 0.3) is 0 Å². The van der Waals surface area contributed by atoms with E-state index < -0.39 is 11.7 Å². The molecule has 0 aromatic heterocycles. The second kappa shape index (κ2) is 7.31. The lowest BCUT2D eigenvalue weighted by Gasteiger charge is -2.23. The fourth-order valence-electron chi connectivity index (χ4n) is 2.12. The van der Waals surface area contributed by atoms with Gasteiger partial charge in [-0.15, -0.1) is 0 Å². The van der Waals surface area contributed by atoms with Crippen LogP contribution in [0.15, 0.2) is 18.2 Å². The molecule has 5 heteroatoms. The maximum absolute atomic E-state index is 11.7. The van der Waals surface area contributed by atoms with Crippen LogP contribution in [0, 0.1) is 6.92 Å². The van der Waals surface area contributed by atoms with Gasteiger partial charge in [-0.2, -0.15) is 0 Å². The Morgan fingerprint density at radius 2 is 2.05 bits per heavy atom. The van der Waals surface area contributed by atoms with Crippen LogP contribution in [-0.4, -0.2) is 31.9 Å². The molecule has 0 aliphatic rings. The molecule has 118 valence electrons. The molecule has 0 fully saturated rings. The predicted molar refractivity (Wildman–Crippen MR) is 83.8 cm³/mol. The van der Waals surface area contributed by atoms with Gasteiger partial charge in [-0.05, 0) is 33.3 Å². The second-order valence-electron chi connectivity index (χ2n) is 6.01. The summed E-state index contributed by atoms with van der Waals surface area (Å²) < 4.78 is 10.7. The van der Waals surface area contributed by atoms with E-state index in [0.717, 1.165) is 16.9 Å². The summed E-state index contributed by atoms with van der Waals surface area (Å²) >= 11 is 0. The number of hydrogen-bond acceptors (Lipinski definition) is 4. The number of amides is 1.